The molecule has 1 aromatic heterocycles. The number of fused-ring (bicyclic) bond motifs is 1. The minimum Gasteiger partial charge on any atom is -0.383 e. The molecule has 18 heavy (non-hydrogen) atoms. The molecule has 0 aromatic carbocycles. The number of rotatable bonds is 4. The summed E-state index contributed by atoms with van der Waals surface area (Å²) >= 11 is 0. The highest BCUT2D eigenvalue weighted by Gasteiger charge is 2.33. The summed E-state index contributed by atoms with van der Waals surface area (Å²) in [7, 11) is 1.73. The largest absolute Gasteiger partial charge is 0.383 e. The van der Waals surface area contributed by atoms with Crippen molar-refractivity contribution in [3.8, 4) is 0 Å². The zero-order valence-electron chi connectivity index (χ0n) is 11.6. The highest BCUT2D eigenvalue weighted by Crippen LogP contribution is 2.33. The minimum absolute atomic E-state index is 0.388. The van der Waals surface area contributed by atoms with Gasteiger partial charge in [0.15, 0.2) is 5.82 Å². The molecule has 4 nitrogen and oxygen atoms in total. The van der Waals surface area contributed by atoms with Crippen LogP contribution >= 0.6 is 0 Å². The third kappa shape index (κ3) is 2.09. The van der Waals surface area contributed by atoms with E-state index in [1.807, 2.05) is 0 Å². The van der Waals surface area contributed by atoms with Crippen LogP contribution in [-0.4, -0.2) is 17.1 Å². The zero-order valence-corrected chi connectivity index (χ0v) is 11.6. The van der Waals surface area contributed by atoms with Crippen molar-refractivity contribution in [2.75, 3.05) is 12.8 Å². The molecule has 2 N–H and O–H groups in total. The molecule has 0 amide bonds. The van der Waals surface area contributed by atoms with Gasteiger partial charge in [0.05, 0.1) is 0 Å². The first kappa shape index (κ1) is 13.3. The molecule has 1 aliphatic carbocycles. The average Bonchev–Trinajstić information content (AvgIpc) is 2.42. The standard InChI is InChI=1S/C14H23N3O/c1-4-14(5-2,18-3)13-16-11-9-7-6-8-10(11)12(15)17-13/h4-9H2,1-3H3,(H2,15,16,17). The van der Waals surface area contributed by atoms with Crippen molar-refractivity contribution in [2.24, 2.45) is 0 Å². The van der Waals surface area contributed by atoms with Gasteiger partial charge in [-0.1, -0.05) is 13.8 Å². The summed E-state index contributed by atoms with van der Waals surface area (Å²) in [6.45, 7) is 4.21. The van der Waals surface area contributed by atoms with Gasteiger partial charge in [0.2, 0.25) is 0 Å². The Bertz CT molecular complexity index is 419. The number of aromatic nitrogens is 2. The third-order valence-electron chi connectivity index (χ3n) is 4.16. The molecule has 100 valence electrons. The maximum atomic E-state index is 6.10. The van der Waals surface area contributed by atoms with Crippen LogP contribution in [0.1, 0.15) is 56.6 Å². The molecule has 0 unspecified atom stereocenters. The van der Waals surface area contributed by atoms with Gasteiger partial charge in [-0.15, -0.1) is 0 Å². The second kappa shape index (κ2) is 5.22. The smallest absolute Gasteiger partial charge is 0.162 e. The normalized spacial score (nSPS) is 15.5. The molecular weight excluding hydrogens is 226 g/mol. The van der Waals surface area contributed by atoms with Crippen molar-refractivity contribution in [1.29, 1.82) is 0 Å². The summed E-state index contributed by atoms with van der Waals surface area (Å²) in [5, 5.41) is 0. The van der Waals surface area contributed by atoms with Crippen molar-refractivity contribution >= 4 is 5.82 Å². The molecule has 0 bridgehead atoms. The Morgan fingerprint density at radius 2 is 1.83 bits per heavy atom. The molecule has 0 saturated heterocycles. The molecule has 1 heterocycles. The van der Waals surface area contributed by atoms with Gasteiger partial charge in [-0.3, -0.25) is 0 Å². The first-order chi connectivity index (χ1) is 8.66. The van der Waals surface area contributed by atoms with Gasteiger partial charge in [0, 0.05) is 18.4 Å². The maximum Gasteiger partial charge on any atom is 0.162 e. The van der Waals surface area contributed by atoms with Crippen molar-refractivity contribution in [3.05, 3.63) is 17.1 Å². The summed E-state index contributed by atoms with van der Waals surface area (Å²) in [6, 6.07) is 0. The van der Waals surface area contributed by atoms with Gasteiger partial charge in [0.25, 0.3) is 0 Å². The van der Waals surface area contributed by atoms with Crippen LogP contribution in [0.4, 0.5) is 5.82 Å². The van der Waals surface area contributed by atoms with Crippen molar-refractivity contribution in [2.45, 2.75) is 58.0 Å². The molecule has 0 spiro atoms. The number of hydrogen-bond acceptors (Lipinski definition) is 4. The molecule has 0 fully saturated rings. The predicted octanol–water partition coefficient (Wildman–Crippen LogP) is 2.60. The van der Waals surface area contributed by atoms with E-state index >= 15 is 0 Å². The first-order valence-corrected chi connectivity index (χ1v) is 6.87. The van der Waals surface area contributed by atoms with Gasteiger partial charge in [-0.05, 0) is 38.5 Å². The lowest BCUT2D eigenvalue weighted by Gasteiger charge is -2.30. The fourth-order valence-corrected chi connectivity index (χ4v) is 2.77. The van der Waals surface area contributed by atoms with Crippen LogP contribution in [0.15, 0.2) is 0 Å². The van der Waals surface area contributed by atoms with E-state index in [-0.39, 0.29) is 5.60 Å². The number of nitrogens with two attached hydrogens (primary N) is 1. The summed E-state index contributed by atoms with van der Waals surface area (Å²) < 4.78 is 5.69. The average molecular weight is 249 g/mol. The Labute approximate surface area is 109 Å². The molecule has 0 atom stereocenters. The highest BCUT2D eigenvalue weighted by atomic mass is 16.5. The number of ether oxygens (including phenoxy) is 1. The van der Waals surface area contributed by atoms with E-state index in [4.69, 9.17) is 15.5 Å². The van der Waals surface area contributed by atoms with E-state index in [0.29, 0.717) is 5.82 Å². The lowest BCUT2D eigenvalue weighted by atomic mass is 9.93. The van der Waals surface area contributed by atoms with Gasteiger partial charge in [-0.2, -0.15) is 0 Å². The second-order valence-corrected chi connectivity index (χ2v) is 4.97. The number of hydrogen-bond donors (Lipinski definition) is 1. The summed E-state index contributed by atoms with van der Waals surface area (Å²) in [6.07, 6.45) is 6.14. The zero-order chi connectivity index (χ0) is 13.2. The minimum atomic E-state index is -0.388. The number of nitrogen functional groups attached to an aromatic ring is 1. The SMILES string of the molecule is CCC(CC)(OC)c1nc(N)c2c(n1)CCCC2. The predicted molar refractivity (Wildman–Crippen MR) is 72.4 cm³/mol. The van der Waals surface area contributed by atoms with Crippen LogP contribution in [-0.2, 0) is 23.2 Å². The second-order valence-electron chi connectivity index (χ2n) is 4.97. The van der Waals surface area contributed by atoms with E-state index < -0.39 is 0 Å². The molecule has 4 heteroatoms. The first-order valence-electron chi connectivity index (χ1n) is 6.87. The monoisotopic (exact) mass is 249 g/mol. The van der Waals surface area contributed by atoms with Gasteiger partial charge >= 0.3 is 0 Å². The van der Waals surface area contributed by atoms with E-state index in [1.165, 1.54) is 12.8 Å². The van der Waals surface area contributed by atoms with Crippen LogP contribution in [0, 0.1) is 0 Å². The Hall–Kier alpha value is -1.16. The number of anilines is 1. The van der Waals surface area contributed by atoms with Gasteiger partial charge in [-0.25, -0.2) is 9.97 Å². The number of aryl methyl sites for hydroxylation is 1. The van der Waals surface area contributed by atoms with Gasteiger partial charge < -0.3 is 10.5 Å². The van der Waals surface area contributed by atoms with E-state index in [1.54, 1.807) is 7.11 Å². The molecule has 2 rings (SSSR count). The highest BCUT2D eigenvalue weighted by molar-refractivity contribution is 5.44. The van der Waals surface area contributed by atoms with Crippen LogP contribution in [0.3, 0.4) is 0 Å². The van der Waals surface area contributed by atoms with Gasteiger partial charge in [0.1, 0.15) is 11.4 Å². The Kier molecular flexibility index (Phi) is 3.85. The fraction of sp³-hybridized carbons (Fsp3) is 0.714. The molecule has 0 radical (unpaired) electrons. The summed E-state index contributed by atoms with van der Waals surface area (Å²) in [4.78, 5) is 9.26. The topological polar surface area (TPSA) is 61.0 Å². The van der Waals surface area contributed by atoms with Crippen molar-refractivity contribution < 1.29 is 4.74 Å². The Balaban J connectivity index is 2.48. The fourth-order valence-electron chi connectivity index (χ4n) is 2.77. The quantitative estimate of drug-likeness (QED) is 0.891. The van der Waals surface area contributed by atoms with E-state index in [9.17, 15) is 0 Å². The van der Waals surface area contributed by atoms with Crippen LogP contribution in [0.5, 0.6) is 0 Å². The molecule has 0 aliphatic heterocycles. The molecule has 1 aromatic rings. The number of nitrogens with zero attached hydrogens (tertiary/aromatic N) is 2. The Morgan fingerprint density at radius 1 is 1.17 bits per heavy atom. The van der Waals surface area contributed by atoms with E-state index in [2.05, 4.69) is 18.8 Å². The van der Waals surface area contributed by atoms with Crippen LogP contribution in [0.25, 0.3) is 0 Å². The number of methoxy groups -OCH3 is 1. The van der Waals surface area contributed by atoms with Crippen LogP contribution < -0.4 is 5.73 Å². The van der Waals surface area contributed by atoms with Crippen LogP contribution in [0.2, 0.25) is 0 Å². The summed E-state index contributed by atoms with van der Waals surface area (Å²) in [5.41, 5.74) is 7.99. The van der Waals surface area contributed by atoms with Crippen molar-refractivity contribution in [3.63, 3.8) is 0 Å². The maximum absolute atomic E-state index is 6.10. The molecular formula is C14H23N3O. The van der Waals surface area contributed by atoms with Crippen molar-refractivity contribution in [1.82, 2.24) is 9.97 Å². The van der Waals surface area contributed by atoms with E-state index in [0.717, 1.165) is 42.8 Å². The molecule has 1 aliphatic rings. The Morgan fingerprint density at radius 3 is 2.44 bits per heavy atom. The summed E-state index contributed by atoms with van der Waals surface area (Å²) in [5.74, 6) is 1.41. The lowest BCUT2D eigenvalue weighted by molar-refractivity contribution is -0.0292. The third-order valence-corrected chi connectivity index (χ3v) is 4.16. The lowest BCUT2D eigenvalue weighted by Crippen LogP contribution is -2.31. The molecule has 0 saturated carbocycles.